The zero-order valence-electron chi connectivity index (χ0n) is 11.3. The maximum absolute atomic E-state index is 9.30. The third-order valence-corrected chi connectivity index (χ3v) is 2.73. The predicted molar refractivity (Wildman–Crippen MR) is 76.6 cm³/mol. The molecule has 0 unspecified atom stereocenters. The van der Waals surface area contributed by atoms with Gasteiger partial charge in [0.2, 0.25) is 0 Å². The first-order valence-corrected chi connectivity index (χ1v) is 6.34. The predicted octanol–water partition coefficient (Wildman–Crippen LogP) is 3.46. The number of fused-ring (bicyclic) bond motifs is 1. The van der Waals surface area contributed by atoms with E-state index in [4.69, 9.17) is 0 Å². The molecule has 4 nitrogen and oxygen atoms in total. The van der Waals surface area contributed by atoms with Crippen molar-refractivity contribution in [2.45, 2.75) is 20.8 Å². The second-order valence-electron chi connectivity index (χ2n) is 3.88. The molecule has 19 heavy (non-hydrogen) atoms. The van der Waals surface area contributed by atoms with Gasteiger partial charge in [0.15, 0.2) is 0 Å². The lowest BCUT2D eigenvalue weighted by Gasteiger charge is -2.06. The number of aromatic hydroxyl groups is 1. The summed E-state index contributed by atoms with van der Waals surface area (Å²) in [5.41, 5.74) is 2.87. The third kappa shape index (κ3) is 2.42. The number of phenolic OH excluding ortho intramolecular Hbond substituents is 1. The molecule has 0 atom stereocenters. The average molecular weight is 255 g/mol. The largest absolute Gasteiger partial charge is 0.508 e. The normalized spacial score (nSPS) is 10.1. The molecular weight excluding hydrogens is 238 g/mol. The van der Waals surface area contributed by atoms with Crippen LogP contribution in [0.15, 0.2) is 42.7 Å². The van der Waals surface area contributed by atoms with Crippen molar-refractivity contribution >= 4 is 11.0 Å². The number of rotatable bonds is 1. The molecule has 0 aliphatic carbocycles. The first kappa shape index (κ1) is 13.1. The SMILES string of the molecule is CC.Cc1nc2cnccc2n1-c1ccc(O)cc1. The molecule has 98 valence electrons. The molecule has 3 rings (SSSR count). The molecule has 3 aromatic rings. The van der Waals surface area contributed by atoms with Gasteiger partial charge in [0, 0.05) is 11.9 Å². The van der Waals surface area contributed by atoms with Gasteiger partial charge in [-0.2, -0.15) is 0 Å². The summed E-state index contributed by atoms with van der Waals surface area (Å²) in [7, 11) is 0. The molecule has 2 aromatic heterocycles. The van der Waals surface area contributed by atoms with E-state index in [1.165, 1.54) is 0 Å². The number of imidazole rings is 1. The van der Waals surface area contributed by atoms with Crippen LogP contribution in [0, 0.1) is 6.92 Å². The van der Waals surface area contributed by atoms with E-state index in [0.29, 0.717) is 0 Å². The zero-order valence-corrected chi connectivity index (χ0v) is 11.3. The number of pyridine rings is 1. The van der Waals surface area contributed by atoms with Gasteiger partial charge < -0.3 is 5.11 Å². The van der Waals surface area contributed by atoms with Gasteiger partial charge in [-0.15, -0.1) is 0 Å². The highest BCUT2D eigenvalue weighted by Crippen LogP contribution is 2.21. The number of phenols is 1. The van der Waals surface area contributed by atoms with E-state index in [1.54, 1.807) is 24.5 Å². The number of aryl methyl sites for hydroxylation is 1. The lowest BCUT2D eigenvalue weighted by molar-refractivity contribution is 0.475. The Labute approximate surface area is 112 Å². The zero-order chi connectivity index (χ0) is 13.8. The molecular formula is C15H17N3O. The van der Waals surface area contributed by atoms with E-state index in [9.17, 15) is 5.11 Å². The first-order valence-electron chi connectivity index (χ1n) is 6.34. The van der Waals surface area contributed by atoms with Crippen LogP contribution in [0.25, 0.3) is 16.7 Å². The fraction of sp³-hybridized carbons (Fsp3) is 0.200. The minimum atomic E-state index is 0.262. The van der Waals surface area contributed by atoms with Crippen LogP contribution in [0.4, 0.5) is 0 Å². The molecule has 0 radical (unpaired) electrons. The van der Waals surface area contributed by atoms with Crippen molar-refractivity contribution in [1.29, 1.82) is 0 Å². The Bertz CT molecular complexity index is 671. The summed E-state index contributed by atoms with van der Waals surface area (Å²) in [6.07, 6.45) is 3.50. The van der Waals surface area contributed by atoms with Gasteiger partial charge in [0.1, 0.15) is 17.1 Å². The van der Waals surface area contributed by atoms with Crippen LogP contribution in [-0.2, 0) is 0 Å². The molecule has 0 amide bonds. The highest BCUT2D eigenvalue weighted by molar-refractivity contribution is 5.77. The van der Waals surface area contributed by atoms with E-state index in [0.717, 1.165) is 22.5 Å². The highest BCUT2D eigenvalue weighted by Gasteiger charge is 2.08. The second-order valence-corrected chi connectivity index (χ2v) is 3.88. The molecule has 0 spiro atoms. The summed E-state index contributed by atoms with van der Waals surface area (Å²) in [6.45, 7) is 5.95. The van der Waals surface area contributed by atoms with Gasteiger partial charge in [0.25, 0.3) is 0 Å². The Hall–Kier alpha value is -2.36. The van der Waals surface area contributed by atoms with Crippen molar-refractivity contribution < 1.29 is 5.11 Å². The summed E-state index contributed by atoms with van der Waals surface area (Å²) in [5.74, 6) is 1.16. The van der Waals surface area contributed by atoms with Gasteiger partial charge >= 0.3 is 0 Å². The summed E-state index contributed by atoms with van der Waals surface area (Å²) in [6, 6.07) is 9.00. The second kappa shape index (κ2) is 5.52. The topological polar surface area (TPSA) is 50.9 Å². The molecule has 0 saturated heterocycles. The van der Waals surface area contributed by atoms with Crippen molar-refractivity contribution in [3.05, 3.63) is 48.5 Å². The highest BCUT2D eigenvalue weighted by atomic mass is 16.3. The quantitative estimate of drug-likeness (QED) is 0.724. The lowest BCUT2D eigenvalue weighted by atomic mass is 10.3. The molecule has 0 bridgehead atoms. The maximum atomic E-state index is 9.30. The van der Waals surface area contributed by atoms with Crippen molar-refractivity contribution in [2.75, 3.05) is 0 Å². The monoisotopic (exact) mass is 255 g/mol. The van der Waals surface area contributed by atoms with E-state index >= 15 is 0 Å². The number of hydrogen-bond donors (Lipinski definition) is 1. The van der Waals surface area contributed by atoms with E-state index < -0.39 is 0 Å². The van der Waals surface area contributed by atoms with Crippen LogP contribution in [0.3, 0.4) is 0 Å². The standard InChI is InChI=1S/C13H11N3O.C2H6/c1-9-15-12-8-14-7-6-13(12)16(9)10-2-4-11(17)5-3-10;1-2/h2-8,17H,1H3;1-2H3. The van der Waals surface area contributed by atoms with Gasteiger partial charge in [-0.25, -0.2) is 4.98 Å². The smallest absolute Gasteiger partial charge is 0.115 e. The molecule has 0 saturated carbocycles. The average Bonchev–Trinajstić information content (AvgIpc) is 2.78. The number of hydrogen-bond acceptors (Lipinski definition) is 3. The van der Waals surface area contributed by atoms with E-state index in [-0.39, 0.29) is 5.75 Å². The summed E-state index contributed by atoms with van der Waals surface area (Å²) in [4.78, 5) is 8.51. The van der Waals surface area contributed by atoms with Crippen LogP contribution in [0.5, 0.6) is 5.75 Å². The first-order chi connectivity index (χ1) is 9.25. The molecule has 4 heteroatoms. The molecule has 0 aliphatic heterocycles. The van der Waals surface area contributed by atoms with Gasteiger partial charge in [0.05, 0.1) is 11.7 Å². The Morgan fingerprint density at radius 3 is 2.42 bits per heavy atom. The minimum absolute atomic E-state index is 0.262. The molecule has 1 N–H and O–H groups in total. The van der Waals surface area contributed by atoms with E-state index in [1.807, 2.05) is 43.5 Å². The Balaban J connectivity index is 0.000000637. The molecule has 2 heterocycles. The van der Waals surface area contributed by atoms with Gasteiger partial charge in [-0.1, -0.05) is 13.8 Å². The van der Waals surface area contributed by atoms with Crippen molar-refractivity contribution in [2.24, 2.45) is 0 Å². The maximum Gasteiger partial charge on any atom is 0.115 e. The van der Waals surface area contributed by atoms with Crippen LogP contribution >= 0.6 is 0 Å². The molecule has 0 aliphatic rings. The summed E-state index contributed by atoms with van der Waals surface area (Å²) < 4.78 is 2.04. The Morgan fingerprint density at radius 1 is 1.05 bits per heavy atom. The fourth-order valence-electron chi connectivity index (χ4n) is 1.98. The van der Waals surface area contributed by atoms with E-state index in [2.05, 4.69) is 9.97 Å². The Morgan fingerprint density at radius 2 is 1.74 bits per heavy atom. The number of nitrogens with zero attached hydrogens (tertiary/aromatic N) is 3. The minimum Gasteiger partial charge on any atom is -0.508 e. The fourth-order valence-corrected chi connectivity index (χ4v) is 1.98. The molecule has 1 aromatic carbocycles. The summed E-state index contributed by atoms with van der Waals surface area (Å²) in [5, 5.41) is 9.30. The van der Waals surface area contributed by atoms with Crippen LogP contribution in [-0.4, -0.2) is 19.6 Å². The Kier molecular flexibility index (Phi) is 3.80. The number of benzene rings is 1. The van der Waals surface area contributed by atoms with Crippen molar-refractivity contribution in [3.63, 3.8) is 0 Å². The lowest BCUT2D eigenvalue weighted by Crippen LogP contribution is -1.96. The van der Waals surface area contributed by atoms with Crippen molar-refractivity contribution in [3.8, 4) is 11.4 Å². The number of aromatic nitrogens is 3. The van der Waals surface area contributed by atoms with Gasteiger partial charge in [-0.05, 0) is 37.3 Å². The van der Waals surface area contributed by atoms with Gasteiger partial charge in [-0.3, -0.25) is 9.55 Å². The molecule has 0 fully saturated rings. The van der Waals surface area contributed by atoms with Crippen LogP contribution in [0.2, 0.25) is 0 Å². The summed E-state index contributed by atoms with van der Waals surface area (Å²) >= 11 is 0. The van der Waals surface area contributed by atoms with Crippen LogP contribution in [0.1, 0.15) is 19.7 Å². The third-order valence-electron chi connectivity index (χ3n) is 2.73. The van der Waals surface area contributed by atoms with Crippen LogP contribution < -0.4 is 0 Å². The van der Waals surface area contributed by atoms with Crippen molar-refractivity contribution in [1.82, 2.24) is 14.5 Å².